The number of rotatable bonds is 3. The van der Waals surface area contributed by atoms with Crippen LogP contribution in [-0.2, 0) is 9.59 Å². The first-order chi connectivity index (χ1) is 9.60. The molecule has 1 heterocycles. The number of likely N-dealkylation sites (tertiary alicyclic amines) is 1. The minimum atomic E-state index is -0.876. The van der Waals surface area contributed by atoms with Crippen LogP contribution in [0.1, 0.15) is 57.8 Å². The second-order valence-electron chi connectivity index (χ2n) is 6.25. The first-order valence-corrected chi connectivity index (χ1v) is 7.85. The minimum Gasteiger partial charge on any atom is -0.480 e. The Morgan fingerprint density at radius 2 is 1.75 bits per heavy atom. The van der Waals surface area contributed by atoms with E-state index < -0.39 is 17.4 Å². The van der Waals surface area contributed by atoms with Crippen molar-refractivity contribution < 1.29 is 14.7 Å². The molecule has 1 aliphatic carbocycles. The number of carbonyl (C=O) groups excluding carboxylic acids is 1. The third-order valence-corrected chi connectivity index (χ3v) is 4.95. The zero-order chi connectivity index (χ0) is 14.6. The molecule has 1 amide bonds. The first kappa shape index (κ1) is 15.3. The summed E-state index contributed by atoms with van der Waals surface area (Å²) in [7, 11) is 0. The molecular weight excluding hydrogens is 256 g/mol. The van der Waals surface area contributed by atoms with Gasteiger partial charge in [-0.2, -0.15) is 0 Å². The highest BCUT2D eigenvalue weighted by Gasteiger charge is 2.44. The summed E-state index contributed by atoms with van der Waals surface area (Å²) in [6.45, 7) is 0.909. The lowest BCUT2D eigenvalue weighted by Gasteiger charge is -2.40. The van der Waals surface area contributed by atoms with Crippen molar-refractivity contribution >= 4 is 11.9 Å². The quantitative estimate of drug-likeness (QED) is 0.772. The smallest absolute Gasteiger partial charge is 0.326 e. The van der Waals surface area contributed by atoms with Crippen molar-refractivity contribution in [2.45, 2.75) is 63.8 Å². The van der Waals surface area contributed by atoms with Crippen molar-refractivity contribution in [3.8, 4) is 0 Å². The number of nitrogens with zero attached hydrogens (tertiary/aromatic N) is 1. The Hall–Kier alpha value is -1.10. The average Bonchev–Trinajstić information content (AvgIpc) is 2.72. The number of aliphatic carboxylic acids is 1. The number of hydrogen-bond acceptors (Lipinski definition) is 3. The number of carbonyl (C=O) groups is 2. The van der Waals surface area contributed by atoms with Crippen LogP contribution in [0.15, 0.2) is 0 Å². The van der Waals surface area contributed by atoms with E-state index >= 15 is 0 Å². The van der Waals surface area contributed by atoms with Crippen LogP contribution in [0.3, 0.4) is 0 Å². The summed E-state index contributed by atoms with van der Waals surface area (Å²) in [6.07, 6.45) is 8.32. The molecule has 1 atom stereocenters. The van der Waals surface area contributed by atoms with E-state index in [2.05, 4.69) is 0 Å². The lowest BCUT2D eigenvalue weighted by molar-refractivity contribution is -0.157. The highest BCUT2D eigenvalue weighted by molar-refractivity contribution is 5.88. The van der Waals surface area contributed by atoms with Crippen molar-refractivity contribution in [3.05, 3.63) is 0 Å². The summed E-state index contributed by atoms with van der Waals surface area (Å²) in [6, 6.07) is -0.650. The van der Waals surface area contributed by atoms with E-state index in [1.165, 1.54) is 0 Å². The zero-order valence-electron chi connectivity index (χ0n) is 12.1. The fraction of sp³-hybridized carbons (Fsp3) is 0.867. The number of carboxylic acids is 1. The fourth-order valence-corrected chi connectivity index (χ4v) is 3.65. The van der Waals surface area contributed by atoms with E-state index in [-0.39, 0.29) is 5.91 Å². The third kappa shape index (κ3) is 2.97. The Morgan fingerprint density at radius 3 is 2.30 bits per heavy atom. The van der Waals surface area contributed by atoms with Crippen LogP contribution in [0, 0.1) is 5.41 Å². The number of hydrogen-bond donors (Lipinski definition) is 2. The average molecular weight is 282 g/mol. The van der Waals surface area contributed by atoms with Gasteiger partial charge in [0, 0.05) is 13.1 Å². The predicted molar refractivity (Wildman–Crippen MR) is 76.2 cm³/mol. The Balaban J connectivity index is 2.19. The molecule has 0 aromatic carbocycles. The summed E-state index contributed by atoms with van der Waals surface area (Å²) in [4.78, 5) is 25.9. The molecule has 114 valence electrons. The molecule has 0 spiro atoms. The van der Waals surface area contributed by atoms with Gasteiger partial charge in [-0.3, -0.25) is 4.79 Å². The molecule has 1 aliphatic heterocycles. The van der Waals surface area contributed by atoms with Gasteiger partial charge in [0.25, 0.3) is 0 Å². The molecule has 1 saturated carbocycles. The maximum absolute atomic E-state index is 13.0. The van der Waals surface area contributed by atoms with Crippen LogP contribution in [0.2, 0.25) is 0 Å². The van der Waals surface area contributed by atoms with Crippen molar-refractivity contribution in [2.24, 2.45) is 11.1 Å². The molecule has 5 nitrogen and oxygen atoms in total. The SMILES string of the molecule is NCC1(C(=O)N2CCCC[C@H]2C(=O)O)CCCCCC1. The van der Waals surface area contributed by atoms with Crippen LogP contribution in [0.4, 0.5) is 0 Å². The van der Waals surface area contributed by atoms with Crippen LogP contribution >= 0.6 is 0 Å². The maximum Gasteiger partial charge on any atom is 0.326 e. The van der Waals surface area contributed by atoms with Gasteiger partial charge in [0.05, 0.1) is 5.41 Å². The van der Waals surface area contributed by atoms with Gasteiger partial charge < -0.3 is 15.7 Å². The molecule has 2 rings (SSSR count). The lowest BCUT2D eigenvalue weighted by Crippen LogP contribution is -2.55. The molecule has 2 fully saturated rings. The van der Waals surface area contributed by atoms with Gasteiger partial charge in [0.2, 0.25) is 5.91 Å². The molecular formula is C15H26N2O3. The second kappa shape index (κ2) is 6.57. The summed E-state index contributed by atoms with van der Waals surface area (Å²) in [5.74, 6) is -0.882. The Bertz CT molecular complexity index is 362. The molecule has 1 saturated heterocycles. The predicted octanol–water partition coefficient (Wildman–Crippen LogP) is 1.75. The second-order valence-corrected chi connectivity index (χ2v) is 6.25. The standard InChI is InChI=1S/C15H26N2O3/c16-11-15(8-4-1-2-5-9-15)14(20)17-10-6-3-7-12(17)13(18)19/h12H,1-11,16H2,(H,18,19)/t12-/m0/s1. The van der Waals surface area contributed by atoms with Crippen LogP contribution in [0.25, 0.3) is 0 Å². The molecule has 0 aromatic heterocycles. The summed E-state index contributed by atoms with van der Waals surface area (Å²) in [5.41, 5.74) is 5.43. The van der Waals surface area contributed by atoms with E-state index in [0.29, 0.717) is 19.5 Å². The number of carboxylic acid groups (broad SMARTS) is 1. The van der Waals surface area contributed by atoms with Gasteiger partial charge in [0.1, 0.15) is 6.04 Å². The molecule has 2 aliphatic rings. The minimum absolute atomic E-state index is 0.00556. The maximum atomic E-state index is 13.0. The van der Waals surface area contributed by atoms with E-state index in [1.54, 1.807) is 4.90 Å². The number of piperidine rings is 1. The monoisotopic (exact) mass is 282 g/mol. The highest BCUT2D eigenvalue weighted by Crippen LogP contribution is 2.37. The van der Waals surface area contributed by atoms with Crippen molar-refractivity contribution in [1.29, 1.82) is 0 Å². The topological polar surface area (TPSA) is 83.6 Å². The molecule has 20 heavy (non-hydrogen) atoms. The molecule has 0 unspecified atom stereocenters. The van der Waals surface area contributed by atoms with Gasteiger partial charge in [0.15, 0.2) is 0 Å². The van der Waals surface area contributed by atoms with Crippen molar-refractivity contribution in [2.75, 3.05) is 13.1 Å². The number of amides is 1. The molecule has 0 radical (unpaired) electrons. The van der Waals surface area contributed by atoms with Gasteiger partial charge in [-0.1, -0.05) is 25.7 Å². The molecule has 0 aromatic rings. The third-order valence-electron chi connectivity index (χ3n) is 4.95. The van der Waals surface area contributed by atoms with Crippen LogP contribution in [0.5, 0.6) is 0 Å². The summed E-state index contributed by atoms with van der Waals surface area (Å²) >= 11 is 0. The van der Waals surface area contributed by atoms with E-state index in [4.69, 9.17) is 5.73 Å². The van der Waals surface area contributed by atoms with E-state index in [0.717, 1.165) is 51.4 Å². The summed E-state index contributed by atoms with van der Waals surface area (Å²) in [5, 5.41) is 9.34. The van der Waals surface area contributed by atoms with E-state index in [1.807, 2.05) is 0 Å². The molecule has 3 N–H and O–H groups in total. The molecule has 0 bridgehead atoms. The highest BCUT2D eigenvalue weighted by atomic mass is 16.4. The lowest BCUT2D eigenvalue weighted by atomic mass is 9.78. The zero-order valence-corrected chi connectivity index (χ0v) is 12.1. The van der Waals surface area contributed by atoms with Crippen LogP contribution in [-0.4, -0.2) is 41.0 Å². The van der Waals surface area contributed by atoms with Gasteiger partial charge in [-0.25, -0.2) is 4.79 Å². The van der Waals surface area contributed by atoms with Gasteiger partial charge in [-0.15, -0.1) is 0 Å². The van der Waals surface area contributed by atoms with Gasteiger partial charge >= 0.3 is 5.97 Å². The Labute approximate surface area is 120 Å². The largest absolute Gasteiger partial charge is 0.480 e. The molecule has 5 heteroatoms. The number of nitrogens with two attached hydrogens (primary N) is 1. The summed E-state index contributed by atoms with van der Waals surface area (Å²) < 4.78 is 0. The van der Waals surface area contributed by atoms with Gasteiger partial charge in [-0.05, 0) is 32.1 Å². The Kier molecular flexibility index (Phi) is 5.02. The fourth-order valence-electron chi connectivity index (χ4n) is 3.65. The van der Waals surface area contributed by atoms with Crippen molar-refractivity contribution in [1.82, 2.24) is 4.90 Å². The van der Waals surface area contributed by atoms with E-state index in [9.17, 15) is 14.7 Å². The normalized spacial score (nSPS) is 26.9. The van der Waals surface area contributed by atoms with Crippen LogP contribution < -0.4 is 5.73 Å². The Morgan fingerprint density at radius 1 is 1.10 bits per heavy atom. The first-order valence-electron chi connectivity index (χ1n) is 7.85. The van der Waals surface area contributed by atoms with Crippen molar-refractivity contribution in [3.63, 3.8) is 0 Å².